The van der Waals surface area contributed by atoms with Gasteiger partial charge >= 0.3 is 5.97 Å². The predicted molar refractivity (Wildman–Crippen MR) is 61.4 cm³/mol. The van der Waals surface area contributed by atoms with Crippen LogP contribution in [0.5, 0.6) is 0 Å². The van der Waals surface area contributed by atoms with E-state index in [0.717, 1.165) is 16.5 Å². The normalized spacial score (nSPS) is 11.9. The Balaban J connectivity index is 2.73. The van der Waals surface area contributed by atoms with Gasteiger partial charge in [-0.3, -0.25) is 9.48 Å². The van der Waals surface area contributed by atoms with Crippen LogP contribution >= 0.6 is 0 Å². The van der Waals surface area contributed by atoms with Crippen molar-refractivity contribution in [2.24, 2.45) is 7.05 Å². The molecule has 0 aliphatic rings. The number of hydrogen-bond acceptors (Lipinski definition) is 2. The van der Waals surface area contributed by atoms with Crippen LogP contribution in [0, 0.1) is 0 Å². The third kappa shape index (κ3) is 1.46. The molecule has 2 aromatic rings. The molecule has 4 nitrogen and oxygen atoms in total. The summed E-state index contributed by atoms with van der Waals surface area (Å²) in [5, 5.41) is 14.4. The molecule has 0 radical (unpaired) electrons. The van der Waals surface area contributed by atoms with Gasteiger partial charge in [0, 0.05) is 18.6 Å². The molecule has 0 bridgehead atoms. The molecular weight excluding hydrogens is 204 g/mol. The first-order valence-electron chi connectivity index (χ1n) is 5.09. The minimum Gasteiger partial charge on any atom is -0.481 e. The van der Waals surface area contributed by atoms with Crippen LogP contribution in [0.1, 0.15) is 19.4 Å². The van der Waals surface area contributed by atoms with E-state index >= 15 is 0 Å². The molecule has 1 N–H and O–H groups in total. The number of carboxylic acid groups (broad SMARTS) is 1. The van der Waals surface area contributed by atoms with E-state index in [2.05, 4.69) is 5.10 Å². The molecule has 0 saturated heterocycles. The number of fused-ring (bicyclic) bond motifs is 1. The average molecular weight is 218 g/mol. The van der Waals surface area contributed by atoms with Gasteiger partial charge in [-0.25, -0.2) is 0 Å². The Morgan fingerprint density at radius 2 is 2.12 bits per heavy atom. The van der Waals surface area contributed by atoms with E-state index in [1.807, 2.05) is 31.4 Å². The van der Waals surface area contributed by atoms with Crippen LogP contribution in [0.4, 0.5) is 0 Å². The summed E-state index contributed by atoms with van der Waals surface area (Å²) in [6, 6.07) is 5.57. The maximum Gasteiger partial charge on any atom is 0.313 e. The van der Waals surface area contributed by atoms with Crippen molar-refractivity contribution in [1.82, 2.24) is 9.78 Å². The van der Waals surface area contributed by atoms with Crippen molar-refractivity contribution in [3.63, 3.8) is 0 Å². The Morgan fingerprint density at radius 3 is 2.75 bits per heavy atom. The number of carboxylic acids is 1. The number of aryl methyl sites for hydroxylation is 1. The molecule has 0 fully saturated rings. The zero-order chi connectivity index (χ0) is 11.9. The molecule has 0 unspecified atom stereocenters. The lowest BCUT2D eigenvalue weighted by Gasteiger charge is -2.20. The number of benzene rings is 1. The Labute approximate surface area is 93.5 Å². The summed E-state index contributed by atoms with van der Waals surface area (Å²) in [5.41, 5.74) is 0.725. The Bertz CT molecular complexity index is 555. The SMILES string of the molecule is Cn1cc2c(C(C)(C)C(=O)O)cccc2n1. The highest BCUT2D eigenvalue weighted by molar-refractivity contribution is 5.90. The second kappa shape index (κ2) is 3.33. The summed E-state index contributed by atoms with van der Waals surface area (Å²) in [4.78, 5) is 11.2. The predicted octanol–water partition coefficient (Wildman–Crippen LogP) is 1.94. The van der Waals surface area contributed by atoms with Crippen LogP contribution in [0.2, 0.25) is 0 Å². The van der Waals surface area contributed by atoms with E-state index in [1.54, 1.807) is 18.5 Å². The van der Waals surface area contributed by atoms with Gasteiger partial charge in [0.15, 0.2) is 0 Å². The van der Waals surface area contributed by atoms with Crippen molar-refractivity contribution in [2.75, 3.05) is 0 Å². The van der Waals surface area contributed by atoms with E-state index in [1.165, 1.54) is 0 Å². The van der Waals surface area contributed by atoms with Crippen molar-refractivity contribution < 1.29 is 9.90 Å². The molecule has 0 aliphatic carbocycles. The number of aromatic nitrogens is 2. The van der Waals surface area contributed by atoms with E-state index in [-0.39, 0.29) is 0 Å². The first kappa shape index (κ1) is 10.7. The van der Waals surface area contributed by atoms with Crippen molar-refractivity contribution >= 4 is 16.9 Å². The second-order valence-corrected chi connectivity index (χ2v) is 4.47. The van der Waals surface area contributed by atoms with Gasteiger partial charge in [0.2, 0.25) is 0 Å². The highest BCUT2D eigenvalue weighted by Gasteiger charge is 2.31. The van der Waals surface area contributed by atoms with Crippen molar-refractivity contribution in [1.29, 1.82) is 0 Å². The first-order chi connectivity index (χ1) is 7.43. The third-order valence-corrected chi connectivity index (χ3v) is 2.87. The molecule has 1 aromatic heterocycles. The Morgan fingerprint density at radius 1 is 1.44 bits per heavy atom. The van der Waals surface area contributed by atoms with Crippen LogP contribution < -0.4 is 0 Å². The summed E-state index contributed by atoms with van der Waals surface area (Å²) >= 11 is 0. The minimum atomic E-state index is -0.900. The second-order valence-electron chi connectivity index (χ2n) is 4.47. The topological polar surface area (TPSA) is 55.1 Å². The monoisotopic (exact) mass is 218 g/mol. The first-order valence-corrected chi connectivity index (χ1v) is 5.09. The maximum absolute atomic E-state index is 11.2. The van der Waals surface area contributed by atoms with Crippen LogP contribution in [0.15, 0.2) is 24.4 Å². The zero-order valence-corrected chi connectivity index (χ0v) is 9.56. The van der Waals surface area contributed by atoms with Crippen LogP contribution in [-0.4, -0.2) is 20.9 Å². The molecule has 2 rings (SSSR count). The van der Waals surface area contributed by atoms with Crippen LogP contribution in [0.3, 0.4) is 0 Å². The number of aliphatic carboxylic acids is 1. The number of hydrogen-bond donors (Lipinski definition) is 1. The molecule has 0 spiro atoms. The average Bonchev–Trinajstić information content (AvgIpc) is 2.56. The fourth-order valence-electron chi connectivity index (χ4n) is 1.82. The molecule has 4 heteroatoms. The molecule has 0 saturated carbocycles. The summed E-state index contributed by atoms with van der Waals surface area (Å²) < 4.78 is 1.70. The largest absolute Gasteiger partial charge is 0.481 e. The molecule has 0 atom stereocenters. The zero-order valence-electron chi connectivity index (χ0n) is 9.56. The molecule has 1 aromatic carbocycles. The maximum atomic E-state index is 11.2. The lowest BCUT2D eigenvalue weighted by atomic mass is 9.83. The fourth-order valence-corrected chi connectivity index (χ4v) is 1.82. The molecule has 84 valence electrons. The lowest BCUT2D eigenvalue weighted by molar-refractivity contribution is -0.142. The molecule has 16 heavy (non-hydrogen) atoms. The smallest absolute Gasteiger partial charge is 0.313 e. The van der Waals surface area contributed by atoms with Gasteiger partial charge in [0.05, 0.1) is 10.9 Å². The number of nitrogens with zero attached hydrogens (tertiary/aromatic N) is 2. The molecule has 1 heterocycles. The van der Waals surface area contributed by atoms with Gasteiger partial charge in [-0.2, -0.15) is 5.10 Å². The van der Waals surface area contributed by atoms with Gasteiger partial charge < -0.3 is 5.11 Å². The number of carbonyl (C=O) groups is 1. The highest BCUT2D eigenvalue weighted by Crippen LogP contribution is 2.29. The molecule has 0 aliphatic heterocycles. The van der Waals surface area contributed by atoms with Crippen molar-refractivity contribution in [3.05, 3.63) is 30.0 Å². The summed E-state index contributed by atoms with van der Waals surface area (Å²) in [6.45, 7) is 3.41. The van der Waals surface area contributed by atoms with Crippen molar-refractivity contribution in [2.45, 2.75) is 19.3 Å². The Hall–Kier alpha value is -1.84. The van der Waals surface area contributed by atoms with Gasteiger partial charge in [-0.05, 0) is 25.5 Å². The van der Waals surface area contributed by atoms with Gasteiger partial charge in [-0.15, -0.1) is 0 Å². The third-order valence-electron chi connectivity index (χ3n) is 2.87. The summed E-state index contributed by atoms with van der Waals surface area (Å²) in [5.74, 6) is -0.830. The highest BCUT2D eigenvalue weighted by atomic mass is 16.4. The van der Waals surface area contributed by atoms with E-state index in [9.17, 15) is 9.90 Å². The molecular formula is C12H14N2O2. The summed E-state index contributed by atoms with van der Waals surface area (Å²) in [6.07, 6.45) is 1.86. The quantitative estimate of drug-likeness (QED) is 0.838. The molecule has 0 amide bonds. The van der Waals surface area contributed by atoms with E-state index in [0.29, 0.717) is 0 Å². The fraction of sp³-hybridized carbons (Fsp3) is 0.333. The van der Waals surface area contributed by atoms with Gasteiger partial charge in [0.25, 0.3) is 0 Å². The van der Waals surface area contributed by atoms with Crippen molar-refractivity contribution in [3.8, 4) is 0 Å². The van der Waals surface area contributed by atoms with E-state index < -0.39 is 11.4 Å². The minimum absolute atomic E-state index is 0.797. The van der Waals surface area contributed by atoms with Gasteiger partial charge in [0.1, 0.15) is 0 Å². The summed E-state index contributed by atoms with van der Waals surface area (Å²) in [7, 11) is 1.83. The Kier molecular flexibility index (Phi) is 2.22. The number of rotatable bonds is 2. The lowest BCUT2D eigenvalue weighted by Crippen LogP contribution is -2.28. The van der Waals surface area contributed by atoms with Gasteiger partial charge in [-0.1, -0.05) is 12.1 Å². The standard InChI is InChI=1S/C12H14N2O2/c1-12(2,11(15)16)9-5-4-6-10-8(9)7-14(3)13-10/h4-7H,1-3H3,(H,15,16). The van der Waals surface area contributed by atoms with Crippen LogP contribution in [0.25, 0.3) is 10.9 Å². The van der Waals surface area contributed by atoms with E-state index in [4.69, 9.17) is 0 Å². The van der Waals surface area contributed by atoms with Crippen LogP contribution in [-0.2, 0) is 17.3 Å².